The van der Waals surface area contributed by atoms with E-state index in [1.807, 2.05) is 18.2 Å². The van der Waals surface area contributed by atoms with Crippen molar-refractivity contribution in [2.75, 3.05) is 45.6 Å². The average molecular weight is 820 g/mol. The minimum absolute atomic E-state index is 0.0497. The average Bonchev–Trinajstić information content (AvgIpc) is 3.98. The Labute approximate surface area is 349 Å². The zero-order valence-corrected chi connectivity index (χ0v) is 34.5. The lowest BCUT2D eigenvalue weighted by atomic mass is 9.85. The van der Waals surface area contributed by atoms with E-state index < -0.39 is 17.8 Å². The molecule has 4 aromatic rings. The number of nitrogens with zero attached hydrogens (tertiary/aromatic N) is 6. The maximum absolute atomic E-state index is 14.8. The molecule has 316 valence electrons. The number of hydrogen-bond donors (Lipinski definition) is 3. The van der Waals surface area contributed by atoms with Gasteiger partial charge < -0.3 is 29.9 Å². The van der Waals surface area contributed by atoms with Crippen molar-refractivity contribution >= 4 is 52.2 Å². The molecule has 60 heavy (non-hydrogen) atoms. The van der Waals surface area contributed by atoms with Crippen LogP contribution in [0.15, 0.2) is 48.7 Å². The van der Waals surface area contributed by atoms with Crippen molar-refractivity contribution in [3.8, 4) is 0 Å². The summed E-state index contributed by atoms with van der Waals surface area (Å²) in [6.07, 6.45) is 12.2. The standard InChI is InChI=1S/C45H54FN9O5/c1-52(2)44(60)38-23-30-26-48-45(51-40(30)55(38)33-9-5-6-10-33)49-32-13-11-29(12-14-32)41(57)47-19-7-3-4-8-20-53-21-17-28(18-22-53)34-24-31(46)25-35-36(34)27-54(43(35)59)37-15-16-39(56)50-42(37)58/h11-14,23-26,28,33,37H,3-10,15-22,27H2,1-2H3,(H,47,57)(H,48,49,51)(H,50,56,58). The van der Waals surface area contributed by atoms with Crippen LogP contribution < -0.4 is 16.0 Å². The Hall–Kier alpha value is -5.70. The molecule has 1 atom stereocenters. The summed E-state index contributed by atoms with van der Waals surface area (Å²) in [5, 5.41) is 9.46. The molecule has 0 bridgehead atoms. The minimum atomic E-state index is -0.721. The molecule has 5 heterocycles. The second-order valence-corrected chi connectivity index (χ2v) is 16.9. The molecule has 0 spiro atoms. The molecule has 2 saturated heterocycles. The van der Waals surface area contributed by atoms with Crippen LogP contribution in [0, 0.1) is 5.82 Å². The van der Waals surface area contributed by atoms with Crippen molar-refractivity contribution in [1.29, 1.82) is 0 Å². The predicted octanol–water partition coefficient (Wildman–Crippen LogP) is 6.06. The highest BCUT2D eigenvalue weighted by Gasteiger charge is 2.41. The number of nitrogens with one attached hydrogen (secondary N) is 3. The molecule has 15 heteroatoms. The lowest BCUT2D eigenvalue weighted by Crippen LogP contribution is -2.52. The number of halogens is 1. The number of carbonyl (C=O) groups is 5. The molecule has 14 nitrogen and oxygen atoms in total. The first-order valence-electron chi connectivity index (χ1n) is 21.5. The third kappa shape index (κ3) is 8.77. The molecular formula is C45H54FN9O5. The van der Waals surface area contributed by atoms with Crippen LogP contribution in [0.5, 0.6) is 0 Å². The van der Waals surface area contributed by atoms with Gasteiger partial charge in [-0.25, -0.2) is 9.37 Å². The molecule has 3 aliphatic heterocycles. The van der Waals surface area contributed by atoms with E-state index >= 15 is 0 Å². The Kier molecular flexibility index (Phi) is 12.2. The normalized spacial score (nSPS) is 18.9. The van der Waals surface area contributed by atoms with E-state index in [4.69, 9.17) is 4.98 Å². The number of benzene rings is 2. The van der Waals surface area contributed by atoms with E-state index in [1.54, 1.807) is 43.4 Å². The number of fused-ring (bicyclic) bond motifs is 2. The number of likely N-dealkylation sites (tertiary alicyclic amines) is 1. The fourth-order valence-electron chi connectivity index (χ4n) is 9.43. The van der Waals surface area contributed by atoms with Crippen LogP contribution in [0.4, 0.5) is 16.0 Å². The van der Waals surface area contributed by atoms with E-state index in [1.165, 1.54) is 11.0 Å². The summed E-state index contributed by atoms with van der Waals surface area (Å²) >= 11 is 0. The topological polar surface area (TPSA) is 162 Å². The second kappa shape index (κ2) is 17.9. The summed E-state index contributed by atoms with van der Waals surface area (Å²) in [5.41, 5.74) is 4.72. The molecule has 2 aromatic carbocycles. The lowest BCUT2D eigenvalue weighted by molar-refractivity contribution is -0.136. The number of unbranched alkanes of at least 4 members (excludes halogenated alkanes) is 3. The molecule has 0 radical (unpaired) electrons. The highest BCUT2D eigenvalue weighted by atomic mass is 19.1. The first-order valence-corrected chi connectivity index (χ1v) is 21.5. The molecule has 5 amide bonds. The molecule has 1 aliphatic carbocycles. The lowest BCUT2D eigenvalue weighted by Gasteiger charge is -2.33. The Morgan fingerprint density at radius 3 is 2.42 bits per heavy atom. The fourth-order valence-corrected chi connectivity index (χ4v) is 9.43. The van der Waals surface area contributed by atoms with Crippen LogP contribution in [0.1, 0.15) is 131 Å². The molecule has 2 aromatic heterocycles. The number of anilines is 2. The van der Waals surface area contributed by atoms with Crippen molar-refractivity contribution in [2.24, 2.45) is 0 Å². The Balaban J connectivity index is 0.750. The molecule has 3 N–H and O–H groups in total. The summed E-state index contributed by atoms with van der Waals surface area (Å²) < 4.78 is 16.9. The summed E-state index contributed by atoms with van der Waals surface area (Å²) in [6.45, 7) is 3.61. The zero-order valence-electron chi connectivity index (χ0n) is 34.5. The number of amides is 5. The third-order valence-corrected chi connectivity index (χ3v) is 12.7. The van der Waals surface area contributed by atoms with Gasteiger partial charge in [0, 0.05) is 68.0 Å². The van der Waals surface area contributed by atoms with Crippen molar-refractivity contribution in [3.05, 3.63) is 82.4 Å². The largest absolute Gasteiger partial charge is 0.352 e. The van der Waals surface area contributed by atoms with Crippen molar-refractivity contribution in [1.82, 2.24) is 39.9 Å². The second-order valence-electron chi connectivity index (χ2n) is 16.9. The van der Waals surface area contributed by atoms with E-state index in [0.717, 1.165) is 112 Å². The van der Waals surface area contributed by atoms with Gasteiger partial charge in [-0.15, -0.1) is 0 Å². The summed E-state index contributed by atoms with van der Waals surface area (Å²) in [4.78, 5) is 78.3. The summed E-state index contributed by atoms with van der Waals surface area (Å²) in [7, 11) is 3.52. The van der Waals surface area contributed by atoms with Crippen LogP contribution >= 0.6 is 0 Å². The van der Waals surface area contributed by atoms with Crippen LogP contribution in [0.25, 0.3) is 11.0 Å². The van der Waals surface area contributed by atoms with Crippen molar-refractivity contribution in [3.63, 3.8) is 0 Å². The molecule has 1 unspecified atom stereocenters. The van der Waals surface area contributed by atoms with Gasteiger partial charge in [-0.1, -0.05) is 25.7 Å². The van der Waals surface area contributed by atoms with Gasteiger partial charge in [0.25, 0.3) is 17.7 Å². The fraction of sp³-hybridized carbons (Fsp3) is 0.489. The van der Waals surface area contributed by atoms with E-state index in [9.17, 15) is 28.4 Å². The number of imide groups is 1. The van der Waals surface area contributed by atoms with Gasteiger partial charge in [0.1, 0.15) is 23.2 Å². The van der Waals surface area contributed by atoms with Gasteiger partial charge in [0.2, 0.25) is 17.8 Å². The number of carbonyl (C=O) groups excluding carboxylic acids is 5. The summed E-state index contributed by atoms with van der Waals surface area (Å²) in [6, 6.07) is 11.5. The predicted molar refractivity (Wildman–Crippen MR) is 224 cm³/mol. The van der Waals surface area contributed by atoms with Crippen molar-refractivity contribution in [2.45, 2.75) is 102 Å². The quantitative estimate of drug-likeness (QED) is 0.101. The maximum Gasteiger partial charge on any atom is 0.270 e. The van der Waals surface area contributed by atoms with E-state index in [-0.39, 0.29) is 55.0 Å². The monoisotopic (exact) mass is 819 g/mol. The van der Waals surface area contributed by atoms with E-state index in [0.29, 0.717) is 29.3 Å². The van der Waals surface area contributed by atoms with Gasteiger partial charge >= 0.3 is 0 Å². The van der Waals surface area contributed by atoms with Gasteiger partial charge in [-0.05, 0) is 124 Å². The zero-order chi connectivity index (χ0) is 41.9. The Morgan fingerprint density at radius 2 is 1.68 bits per heavy atom. The number of hydrogen-bond acceptors (Lipinski definition) is 9. The Bertz CT molecular complexity index is 2280. The highest BCUT2D eigenvalue weighted by molar-refractivity contribution is 6.05. The van der Waals surface area contributed by atoms with Crippen LogP contribution in [-0.2, 0) is 16.1 Å². The first kappa shape index (κ1) is 41.1. The summed E-state index contributed by atoms with van der Waals surface area (Å²) in [5.74, 6) is -1.19. The third-order valence-electron chi connectivity index (χ3n) is 12.7. The minimum Gasteiger partial charge on any atom is -0.352 e. The van der Waals surface area contributed by atoms with Gasteiger partial charge in [-0.3, -0.25) is 29.3 Å². The number of rotatable bonds is 14. The molecule has 8 rings (SSSR count). The van der Waals surface area contributed by atoms with Gasteiger partial charge in [0.05, 0.1) is 0 Å². The SMILES string of the molecule is CN(C)C(=O)c1cc2cnc(Nc3ccc(C(=O)NCCCCCCN4CCC(c5cc(F)cc6c5CN(C5CCC(=O)NC5=O)C6=O)CC4)cc3)nc2n1C1CCCC1. The van der Waals surface area contributed by atoms with Crippen LogP contribution in [-0.4, -0.2) is 105 Å². The number of piperidine rings is 2. The molecular weight excluding hydrogens is 766 g/mol. The van der Waals surface area contributed by atoms with E-state index in [2.05, 4.69) is 30.4 Å². The smallest absolute Gasteiger partial charge is 0.270 e. The molecule has 4 aliphatic rings. The molecule has 3 fully saturated rings. The van der Waals surface area contributed by atoms with Crippen LogP contribution in [0.2, 0.25) is 0 Å². The Morgan fingerprint density at radius 1 is 0.933 bits per heavy atom. The van der Waals surface area contributed by atoms with Gasteiger partial charge in [-0.2, -0.15) is 4.98 Å². The number of aromatic nitrogens is 3. The van der Waals surface area contributed by atoms with Gasteiger partial charge in [0.15, 0.2) is 0 Å². The van der Waals surface area contributed by atoms with Crippen LogP contribution in [0.3, 0.4) is 0 Å². The highest BCUT2D eigenvalue weighted by Crippen LogP contribution is 2.38. The maximum atomic E-state index is 14.8. The van der Waals surface area contributed by atoms with Crippen molar-refractivity contribution < 1.29 is 28.4 Å². The first-order chi connectivity index (χ1) is 29.0. The molecule has 1 saturated carbocycles.